The maximum Gasteiger partial charge on any atom is 0.333 e. The van der Waals surface area contributed by atoms with Gasteiger partial charge in [-0.2, -0.15) is 0 Å². The number of hydrogen-bond acceptors (Lipinski definition) is 3. The zero-order valence-corrected chi connectivity index (χ0v) is 11.9. The maximum absolute atomic E-state index is 12.5. The van der Waals surface area contributed by atoms with E-state index >= 15 is 0 Å². The lowest BCUT2D eigenvalue weighted by atomic mass is 10.1. The summed E-state index contributed by atoms with van der Waals surface area (Å²) in [5.74, 6) is -0.409. The molecule has 0 saturated heterocycles. The molecule has 0 unspecified atom stereocenters. The summed E-state index contributed by atoms with van der Waals surface area (Å²) < 4.78 is 4.66. The standard InChI is InChI=1S/C17H15NO3/c1-11(17(20)21-2)9-10-18-14-8-4-6-12-5-3-7-13(15(12)14)16(18)19/h3-9H,10H2,1-2H3. The van der Waals surface area contributed by atoms with Crippen molar-refractivity contribution in [2.45, 2.75) is 6.92 Å². The van der Waals surface area contributed by atoms with Crippen molar-refractivity contribution in [2.24, 2.45) is 0 Å². The second kappa shape index (κ2) is 5.05. The van der Waals surface area contributed by atoms with Gasteiger partial charge in [0, 0.05) is 23.1 Å². The van der Waals surface area contributed by atoms with Gasteiger partial charge in [0.1, 0.15) is 0 Å². The fourth-order valence-electron chi connectivity index (χ4n) is 2.63. The highest BCUT2D eigenvalue weighted by atomic mass is 16.5. The van der Waals surface area contributed by atoms with Crippen molar-refractivity contribution in [1.29, 1.82) is 0 Å². The summed E-state index contributed by atoms with van der Waals surface area (Å²) in [7, 11) is 1.34. The Morgan fingerprint density at radius 1 is 1.24 bits per heavy atom. The van der Waals surface area contributed by atoms with Crippen molar-refractivity contribution >= 4 is 28.3 Å². The van der Waals surface area contributed by atoms with Crippen molar-refractivity contribution in [3.8, 4) is 0 Å². The first-order valence-electron chi connectivity index (χ1n) is 6.72. The largest absolute Gasteiger partial charge is 0.466 e. The van der Waals surface area contributed by atoms with Crippen LogP contribution in [0.4, 0.5) is 5.69 Å². The zero-order valence-electron chi connectivity index (χ0n) is 11.9. The molecule has 1 aliphatic heterocycles. The van der Waals surface area contributed by atoms with Crippen LogP contribution in [0.15, 0.2) is 48.0 Å². The average Bonchev–Trinajstić information content (AvgIpc) is 2.79. The predicted octanol–water partition coefficient (Wildman–Crippen LogP) is 2.92. The first-order valence-corrected chi connectivity index (χ1v) is 6.72. The van der Waals surface area contributed by atoms with Gasteiger partial charge in [-0.25, -0.2) is 4.79 Å². The third kappa shape index (κ3) is 2.09. The van der Waals surface area contributed by atoms with E-state index in [1.165, 1.54) is 7.11 Å². The smallest absolute Gasteiger partial charge is 0.333 e. The number of carbonyl (C=O) groups excluding carboxylic acids is 2. The number of anilines is 1. The van der Waals surface area contributed by atoms with Gasteiger partial charge in [-0.15, -0.1) is 0 Å². The molecule has 106 valence electrons. The number of ether oxygens (including phenoxy) is 1. The molecule has 4 nitrogen and oxygen atoms in total. The topological polar surface area (TPSA) is 46.6 Å². The molecule has 0 atom stereocenters. The molecule has 0 radical (unpaired) electrons. The zero-order chi connectivity index (χ0) is 15.0. The molecule has 0 aromatic heterocycles. The van der Waals surface area contributed by atoms with Gasteiger partial charge >= 0.3 is 5.97 Å². The van der Waals surface area contributed by atoms with Crippen molar-refractivity contribution in [3.63, 3.8) is 0 Å². The van der Waals surface area contributed by atoms with Crippen LogP contribution in [0.5, 0.6) is 0 Å². The van der Waals surface area contributed by atoms with Crippen molar-refractivity contribution in [1.82, 2.24) is 0 Å². The van der Waals surface area contributed by atoms with Crippen LogP contribution < -0.4 is 4.90 Å². The Morgan fingerprint density at radius 3 is 2.67 bits per heavy atom. The lowest BCUT2D eigenvalue weighted by molar-refractivity contribution is -0.136. The van der Waals surface area contributed by atoms with E-state index in [4.69, 9.17) is 0 Å². The molecular formula is C17H15NO3. The normalized spacial score (nSPS) is 13.9. The predicted molar refractivity (Wildman–Crippen MR) is 81.4 cm³/mol. The Morgan fingerprint density at radius 2 is 1.95 bits per heavy atom. The minimum atomic E-state index is -0.377. The van der Waals surface area contributed by atoms with Gasteiger partial charge in [-0.3, -0.25) is 4.79 Å². The van der Waals surface area contributed by atoms with Gasteiger partial charge in [0.25, 0.3) is 5.91 Å². The molecule has 21 heavy (non-hydrogen) atoms. The van der Waals surface area contributed by atoms with E-state index < -0.39 is 0 Å². The van der Waals surface area contributed by atoms with E-state index in [0.29, 0.717) is 17.7 Å². The van der Waals surface area contributed by atoms with E-state index in [-0.39, 0.29) is 11.9 Å². The highest BCUT2D eigenvalue weighted by Gasteiger charge is 2.28. The number of nitrogens with zero attached hydrogens (tertiary/aromatic N) is 1. The molecule has 2 aromatic rings. The maximum atomic E-state index is 12.5. The number of benzene rings is 2. The fourth-order valence-corrected chi connectivity index (χ4v) is 2.63. The van der Waals surface area contributed by atoms with Crippen LogP contribution in [-0.2, 0) is 9.53 Å². The molecule has 1 aliphatic rings. The molecule has 0 fully saturated rings. The van der Waals surface area contributed by atoms with Crippen LogP contribution in [0.3, 0.4) is 0 Å². The van der Waals surface area contributed by atoms with E-state index in [0.717, 1.165) is 16.5 Å². The summed E-state index contributed by atoms with van der Waals surface area (Å²) in [5, 5.41) is 2.03. The molecule has 1 amide bonds. The van der Waals surface area contributed by atoms with E-state index in [1.807, 2.05) is 36.4 Å². The summed E-state index contributed by atoms with van der Waals surface area (Å²) in [4.78, 5) is 25.6. The van der Waals surface area contributed by atoms with Crippen LogP contribution >= 0.6 is 0 Å². The molecule has 0 bridgehead atoms. The Kier molecular flexibility index (Phi) is 3.22. The Labute approximate surface area is 122 Å². The molecule has 0 spiro atoms. The lowest BCUT2D eigenvalue weighted by Gasteiger charge is -2.15. The van der Waals surface area contributed by atoms with Crippen LogP contribution in [-0.4, -0.2) is 25.5 Å². The highest BCUT2D eigenvalue weighted by Crippen LogP contribution is 2.36. The molecule has 1 heterocycles. The first kappa shape index (κ1) is 13.4. The van der Waals surface area contributed by atoms with Crippen molar-refractivity contribution < 1.29 is 14.3 Å². The number of amides is 1. The van der Waals surface area contributed by atoms with E-state index in [2.05, 4.69) is 4.74 Å². The molecule has 3 rings (SSSR count). The van der Waals surface area contributed by atoms with Gasteiger partial charge < -0.3 is 9.64 Å². The summed E-state index contributed by atoms with van der Waals surface area (Å²) in [6.07, 6.45) is 1.72. The van der Waals surface area contributed by atoms with Crippen LogP contribution in [0.2, 0.25) is 0 Å². The average molecular weight is 281 g/mol. The van der Waals surface area contributed by atoms with Crippen molar-refractivity contribution in [3.05, 3.63) is 53.6 Å². The molecule has 2 aromatic carbocycles. The Hall–Kier alpha value is -2.62. The van der Waals surface area contributed by atoms with E-state index in [1.54, 1.807) is 17.9 Å². The van der Waals surface area contributed by atoms with Gasteiger partial charge in [-0.1, -0.05) is 30.3 Å². The summed E-state index contributed by atoms with van der Waals surface area (Å²) in [5.41, 5.74) is 2.10. The highest BCUT2D eigenvalue weighted by molar-refractivity contribution is 6.25. The number of rotatable bonds is 3. The molecule has 4 heteroatoms. The summed E-state index contributed by atoms with van der Waals surface area (Å²) in [6.45, 7) is 2.04. The number of esters is 1. The van der Waals surface area contributed by atoms with Crippen LogP contribution in [0.25, 0.3) is 10.8 Å². The minimum Gasteiger partial charge on any atom is -0.466 e. The molecule has 0 aliphatic carbocycles. The van der Waals surface area contributed by atoms with Gasteiger partial charge in [0.15, 0.2) is 0 Å². The minimum absolute atomic E-state index is 0.0317. The van der Waals surface area contributed by atoms with Gasteiger partial charge in [0.05, 0.1) is 12.8 Å². The number of methoxy groups -OCH3 is 1. The Balaban J connectivity index is 1.99. The SMILES string of the molecule is COC(=O)C(C)=CCN1C(=O)c2cccc3cccc1c23. The third-order valence-electron chi connectivity index (χ3n) is 3.74. The summed E-state index contributed by atoms with van der Waals surface area (Å²) >= 11 is 0. The molecule has 0 saturated carbocycles. The van der Waals surface area contributed by atoms with E-state index in [9.17, 15) is 9.59 Å². The molecule has 0 N–H and O–H groups in total. The second-order valence-corrected chi connectivity index (χ2v) is 4.98. The van der Waals surface area contributed by atoms with Gasteiger partial charge in [0.2, 0.25) is 0 Å². The monoisotopic (exact) mass is 281 g/mol. The molecular weight excluding hydrogens is 266 g/mol. The second-order valence-electron chi connectivity index (χ2n) is 4.98. The summed E-state index contributed by atoms with van der Waals surface area (Å²) in [6, 6.07) is 11.6. The fraction of sp³-hybridized carbons (Fsp3) is 0.176. The first-order chi connectivity index (χ1) is 10.1. The number of carbonyl (C=O) groups is 2. The van der Waals surface area contributed by atoms with Crippen LogP contribution in [0.1, 0.15) is 17.3 Å². The number of hydrogen-bond donors (Lipinski definition) is 0. The Bertz CT molecular complexity index is 771. The third-order valence-corrected chi connectivity index (χ3v) is 3.74. The van der Waals surface area contributed by atoms with Crippen LogP contribution in [0, 0.1) is 0 Å². The lowest BCUT2D eigenvalue weighted by Crippen LogP contribution is -2.27. The van der Waals surface area contributed by atoms with Gasteiger partial charge in [-0.05, 0) is 24.4 Å². The quantitative estimate of drug-likeness (QED) is 0.642. The van der Waals surface area contributed by atoms with Crippen molar-refractivity contribution in [2.75, 3.05) is 18.6 Å².